The van der Waals surface area contributed by atoms with Crippen molar-refractivity contribution in [1.29, 1.82) is 0 Å². The van der Waals surface area contributed by atoms with Crippen LogP contribution in [-0.4, -0.2) is 50.4 Å². The highest BCUT2D eigenvalue weighted by Crippen LogP contribution is 2.27. The lowest BCUT2D eigenvalue weighted by Gasteiger charge is -2.32. The Morgan fingerprint density at radius 2 is 1.55 bits per heavy atom. The lowest BCUT2D eigenvalue weighted by molar-refractivity contribution is -0.139. The molecule has 0 aliphatic rings. The van der Waals surface area contributed by atoms with Crippen LogP contribution in [0.25, 0.3) is 0 Å². The van der Waals surface area contributed by atoms with E-state index in [-0.39, 0.29) is 29.1 Å². The highest BCUT2D eigenvalue weighted by Gasteiger charge is 2.33. The van der Waals surface area contributed by atoms with E-state index in [1.807, 2.05) is 20.8 Å². The van der Waals surface area contributed by atoms with Gasteiger partial charge in [-0.05, 0) is 75.2 Å². The molecule has 1 N–H and O–H groups in total. The Bertz CT molecular complexity index is 1380. The number of benzene rings is 3. The van der Waals surface area contributed by atoms with Crippen LogP contribution < -0.4 is 14.4 Å². The molecule has 0 aliphatic heterocycles. The molecule has 10 heteroatoms. The number of hydrogen-bond acceptors (Lipinski definition) is 5. The molecule has 0 saturated carbocycles. The molecule has 2 atom stereocenters. The molecule has 40 heavy (non-hydrogen) atoms. The summed E-state index contributed by atoms with van der Waals surface area (Å²) in [7, 11) is -4.14. The van der Waals surface area contributed by atoms with Crippen LogP contribution in [0.1, 0.15) is 39.7 Å². The fourth-order valence-electron chi connectivity index (χ4n) is 3.98. The zero-order valence-corrected chi connectivity index (χ0v) is 24.8. The molecule has 0 fully saturated rings. The molecular formula is C30H36ClN3O5S. The van der Waals surface area contributed by atoms with Gasteiger partial charge >= 0.3 is 0 Å². The van der Waals surface area contributed by atoms with Gasteiger partial charge in [-0.1, -0.05) is 54.9 Å². The van der Waals surface area contributed by atoms with Crippen LogP contribution in [0.2, 0.25) is 5.02 Å². The molecule has 2 amide bonds. The lowest BCUT2D eigenvalue weighted by Crippen LogP contribution is -2.52. The molecular weight excluding hydrogens is 550 g/mol. The summed E-state index contributed by atoms with van der Waals surface area (Å²) in [6.45, 7) is 7.25. The predicted octanol–water partition coefficient (Wildman–Crippen LogP) is 5.27. The van der Waals surface area contributed by atoms with Gasteiger partial charge in [-0.15, -0.1) is 0 Å². The van der Waals surface area contributed by atoms with Crippen LogP contribution in [0.5, 0.6) is 5.75 Å². The molecule has 3 rings (SSSR count). The van der Waals surface area contributed by atoms with Gasteiger partial charge in [-0.2, -0.15) is 0 Å². The normalized spacial score (nSPS) is 12.7. The molecule has 0 saturated heterocycles. The molecule has 214 valence electrons. The number of anilines is 1. The van der Waals surface area contributed by atoms with Crippen molar-refractivity contribution >= 4 is 39.1 Å². The average molecular weight is 586 g/mol. The van der Waals surface area contributed by atoms with Crippen LogP contribution in [-0.2, 0) is 26.2 Å². The molecule has 0 spiro atoms. The SMILES string of the molecule is CCOc1ccc(N(CC(=O)N(Cc2ccccc2Cl)[C@H](C)C(=O)N[C@H](C)CC)S(=O)(=O)c2ccccc2)cc1. The third-order valence-corrected chi connectivity index (χ3v) is 8.67. The zero-order chi connectivity index (χ0) is 29.3. The van der Waals surface area contributed by atoms with Crippen molar-refractivity contribution in [2.45, 2.75) is 57.6 Å². The largest absolute Gasteiger partial charge is 0.494 e. The second-order valence-corrected chi connectivity index (χ2v) is 11.6. The summed E-state index contributed by atoms with van der Waals surface area (Å²) in [5, 5.41) is 3.35. The van der Waals surface area contributed by atoms with E-state index in [1.54, 1.807) is 73.7 Å². The smallest absolute Gasteiger partial charge is 0.264 e. The van der Waals surface area contributed by atoms with Gasteiger partial charge in [-0.3, -0.25) is 13.9 Å². The monoisotopic (exact) mass is 585 g/mol. The summed E-state index contributed by atoms with van der Waals surface area (Å²) >= 11 is 6.40. The maximum atomic E-state index is 14.0. The van der Waals surface area contributed by atoms with E-state index in [0.29, 0.717) is 22.9 Å². The van der Waals surface area contributed by atoms with Crippen molar-refractivity contribution in [2.24, 2.45) is 0 Å². The Morgan fingerprint density at radius 3 is 2.15 bits per heavy atom. The molecule has 3 aromatic rings. The Labute approximate surface area is 241 Å². The first-order valence-electron chi connectivity index (χ1n) is 13.2. The van der Waals surface area contributed by atoms with Crippen molar-refractivity contribution < 1.29 is 22.7 Å². The fourth-order valence-corrected chi connectivity index (χ4v) is 5.61. The van der Waals surface area contributed by atoms with Crippen molar-refractivity contribution in [2.75, 3.05) is 17.5 Å². The number of hydrogen-bond donors (Lipinski definition) is 1. The van der Waals surface area contributed by atoms with Crippen LogP contribution in [0, 0.1) is 0 Å². The highest BCUT2D eigenvalue weighted by atomic mass is 35.5. The summed E-state index contributed by atoms with van der Waals surface area (Å²) in [4.78, 5) is 28.5. The summed E-state index contributed by atoms with van der Waals surface area (Å²) in [5.74, 6) is -0.321. The highest BCUT2D eigenvalue weighted by molar-refractivity contribution is 7.92. The van der Waals surface area contributed by atoms with Gasteiger partial charge in [0, 0.05) is 17.6 Å². The predicted molar refractivity (Wildman–Crippen MR) is 158 cm³/mol. The number of halogens is 1. The van der Waals surface area contributed by atoms with E-state index >= 15 is 0 Å². The van der Waals surface area contributed by atoms with Crippen LogP contribution in [0.15, 0.2) is 83.8 Å². The summed E-state index contributed by atoms with van der Waals surface area (Å²) in [6.07, 6.45) is 0.720. The molecule has 0 aromatic heterocycles. The van der Waals surface area contributed by atoms with Crippen LogP contribution in [0.4, 0.5) is 5.69 Å². The number of rotatable bonds is 13. The Balaban J connectivity index is 2.02. The quantitative estimate of drug-likeness (QED) is 0.295. The molecule has 0 unspecified atom stereocenters. The van der Waals surface area contributed by atoms with Gasteiger partial charge < -0.3 is 15.0 Å². The van der Waals surface area contributed by atoms with Gasteiger partial charge in [0.05, 0.1) is 17.2 Å². The number of amides is 2. The lowest BCUT2D eigenvalue weighted by atomic mass is 10.1. The zero-order valence-electron chi connectivity index (χ0n) is 23.2. The third kappa shape index (κ3) is 7.76. The van der Waals surface area contributed by atoms with E-state index in [0.717, 1.165) is 10.7 Å². The van der Waals surface area contributed by atoms with E-state index < -0.39 is 28.5 Å². The minimum Gasteiger partial charge on any atom is -0.494 e. The molecule has 0 aliphatic carbocycles. The first-order valence-corrected chi connectivity index (χ1v) is 15.0. The first kappa shape index (κ1) is 31.0. The average Bonchev–Trinajstić information content (AvgIpc) is 2.96. The maximum absolute atomic E-state index is 14.0. The molecule has 3 aromatic carbocycles. The van der Waals surface area contributed by atoms with E-state index in [2.05, 4.69) is 5.32 Å². The van der Waals surface area contributed by atoms with E-state index in [9.17, 15) is 18.0 Å². The standard InChI is InChI=1S/C30H36ClN3O5S/c1-5-22(3)32-30(36)23(4)33(20-24-12-10-11-15-28(24)31)29(35)21-34(25-16-18-26(19-17-25)39-6-2)40(37,38)27-13-8-7-9-14-27/h7-19,22-23H,5-6,20-21H2,1-4H3,(H,32,36)/t22-,23-/m1/s1. The maximum Gasteiger partial charge on any atom is 0.264 e. The van der Waals surface area contributed by atoms with Gasteiger partial charge in [0.25, 0.3) is 10.0 Å². The number of ether oxygens (including phenoxy) is 1. The Kier molecular flexibility index (Phi) is 11.0. The fraction of sp³-hybridized carbons (Fsp3) is 0.333. The van der Waals surface area contributed by atoms with Crippen molar-refractivity contribution in [3.05, 3.63) is 89.4 Å². The van der Waals surface area contributed by atoms with Crippen LogP contribution in [0.3, 0.4) is 0 Å². The first-order chi connectivity index (χ1) is 19.1. The molecule has 0 radical (unpaired) electrons. The number of carbonyl (C=O) groups is 2. The van der Waals surface area contributed by atoms with Crippen LogP contribution >= 0.6 is 11.6 Å². The minimum atomic E-state index is -4.14. The minimum absolute atomic E-state index is 0.0239. The van der Waals surface area contributed by atoms with Gasteiger partial charge in [0.1, 0.15) is 18.3 Å². The molecule has 0 bridgehead atoms. The van der Waals surface area contributed by atoms with Crippen molar-refractivity contribution in [1.82, 2.24) is 10.2 Å². The van der Waals surface area contributed by atoms with Gasteiger partial charge in [-0.25, -0.2) is 8.42 Å². The topological polar surface area (TPSA) is 96.0 Å². The number of carbonyl (C=O) groups excluding carboxylic acids is 2. The third-order valence-electron chi connectivity index (χ3n) is 6.51. The number of nitrogens with one attached hydrogen (secondary N) is 1. The van der Waals surface area contributed by atoms with Gasteiger partial charge in [0.2, 0.25) is 11.8 Å². The number of sulfonamides is 1. The van der Waals surface area contributed by atoms with E-state index in [1.165, 1.54) is 17.0 Å². The summed E-state index contributed by atoms with van der Waals surface area (Å²) < 4.78 is 34.2. The summed E-state index contributed by atoms with van der Waals surface area (Å²) in [5.41, 5.74) is 0.925. The second-order valence-electron chi connectivity index (χ2n) is 9.36. The Hall–Kier alpha value is -3.56. The van der Waals surface area contributed by atoms with Crippen molar-refractivity contribution in [3.63, 3.8) is 0 Å². The van der Waals surface area contributed by atoms with E-state index in [4.69, 9.17) is 16.3 Å². The summed E-state index contributed by atoms with van der Waals surface area (Å²) in [6, 6.07) is 20.5. The second kappa shape index (κ2) is 14.2. The van der Waals surface area contributed by atoms with Crippen molar-refractivity contribution in [3.8, 4) is 5.75 Å². The number of nitrogens with zero attached hydrogens (tertiary/aromatic N) is 2. The molecule has 8 nitrogen and oxygen atoms in total. The Morgan fingerprint density at radius 1 is 0.925 bits per heavy atom. The van der Waals surface area contributed by atoms with Gasteiger partial charge in [0.15, 0.2) is 0 Å². The molecule has 0 heterocycles.